The van der Waals surface area contributed by atoms with Crippen LogP contribution >= 0.6 is 0 Å². The Bertz CT molecular complexity index is 1030. The molecule has 0 aromatic heterocycles. The molecule has 30 heavy (non-hydrogen) atoms. The molecule has 3 aromatic rings. The maximum atomic E-state index is 13.1. The number of nitrogens with one attached hydrogen (secondary N) is 1. The van der Waals surface area contributed by atoms with E-state index in [9.17, 15) is 9.59 Å². The molecule has 0 unspecified atom stereocenters. The lowest BCUT2D eigenvalue weighted by Gasteiger charge is -2.29. The predicted molar refractivity (Wildman–Crippen MR) is 120 cm³/mol. The molecule has 4 nitrogen and oxygen atoms in total. The maximum absolute atomic E-state index is 13.1. The second-order valence-corrected chi connectivity index (χ2v) is 7.61. The molecule has 4 rings (SSSR count). The molecule has 0 fully saturated rings. The molecule has 1 heterocycles. The third-order valence-corrected chi connectivity index (χ3v) is 5.50. The zero-order chi connectivity index (χ0) is 20.8. The molecule has 1 N–H and O–H groups in total. The van der Waals surface area contributed by atoms with E-state index in [1.807, 2.05) is 41.3 Å². The van der Waals surface area contributed by atoms with Crippen LogP contribution in [-0.2, 0) is 12.8 Å². The van der Waals surface area contributed by atoms with Gasteiger partial charge in [-0.1, -0.05) is 54.6 Å². The van der Waals surface area contributed by atoms with Gasteiger partial charge in [0.15, 0.2) is 0 Å². The summed E-state index contributed by atoms with van der Waals surface area (Å²) < 4.78 is 0. The second-order valence-electron chi connectivity index (χ2n) is 7.61. The Balaban J connectivity index is 1.39. The van der Waals surface area contributed by atoms with E-state index in [1.165, 1.54) is 11.1 Å². The van der Waals surface area contributed by atoms with Gasteiger partial charge < -0.3 is 10.2 Å². The minimum absolute atomic E-state index is 0.0547. The van der Waals surface area contributed by atoms with Crippen LogP contribution in [0.1, 0.15) is 44.7 Å². The van der Waals surface area contributed by atoms with Gasteiger partial charge in [-0.25, -0.2) is 0 Å². The Hall–Kier alpha value is -3.40. The lowest BCUT2D eigenvalue weighted by Crippen LogP contribution is -2.35. The first-order chi connectivity index (χ1) is 14.7. The van der Waals surface area contributed by atoms with E-state index >= 15 is 0 Å². The number of anilines is 1. The van der Waals surface area contributed by atoms with Crippen LogP contribution in [0.5, 0.6) is 0 Å². The zero-order valence-electron chi connectivity index (χ0n) is 17.0. The molecule has 0 atom stereocenters. The fourth-order valence-corrected chi connectivity index (χ4v) is 3.94. The molecule has 0 saturated carbocycles. The zero-order valence-corrected chi connectivity index (χ0v) is 17.0. The van der Waals surface area contributed by atoms with Gasteiger partial charge in [-0.3, -0.25) is 9.59 Å². The van der Waals surface area contributed by atoms with Crippen LogP contribution in [0.25, 0.3) is 0 Å². The van der Waals surface area contributed by atoms with Crippen molar-refractivity contribution >= 4 is 17.5 Å². The first kappa shape index (κ1) is 19.9. The molecule has 0 saturated heterocycles. The third-order valence-electron chi connectivity index (χ3n) is 5.50. The molecular weight excluding hydrogens is 372 g/mol. The topological polar surface area (TPSA) is 49.4 Å². The normalized spacial score (nSPS) is 12.9. The molecule has 1 aliphatic heterocycles. The van der Waals surface area contributed by atoms with Crippen molar-refractivity contribution in [1.82, 2.24) is 5.32 Å². The van der Waals surface area contributed by atoms with Crippen LogP contribution in [0, 0.1) is 0 Å². The predicted octanol–water partition coefficient (Wildman–Crippen LogP) is 4.64. The Morgan fingerprint density at radius 2 is 1.63 bits per heavy atom. The summed E-state index contributed by atoms with van der Waals surface area (Å²) in [5.74, 6) is -0.197. The number of nitrogens with zero attached hydrogens (tertiary/aromatic N) is 1. The fourth-order valence-electron chi connectivity index (χ4n) is 3.94. The van der Waals surface area contributed by atoms with E-state index in [-0.39, 0.29) is 11.8 Å². The molecule has 3 aromatic carbocycles. The van der Waals surface area contributed by atoms with Crippen molar-refractivity contribution in [3.8, 4) is 0 Å². The van der Waals surface area contributed by atoms with Crippen molar-refractivity contribution in [3.63, 3.8) is 0 Å². The highest BCUT2D eigenvalue weighted by atomic mass is 16.2. The van der Waals surface area contributed by atoms with Gasteiger partial charge in [0.05, 0.1) is 0 Å². The summed E-state index contributed by atoms with van der Waals surface area (Å²) in [7, 11) is 0. The van der Waals surface area contributed by atoms with Gasteiger partial charge >= 0.3 is 0 Å². The summed E-state index contributed by atoms with van der Waals surface area (Å²) in [5.41, 5.74) is 4.50. The number of amides is 2. The molecule has 4 heteroatoms. The highest BCUT2D eigenvalue weighted by Crippen LogP contribution is 2.28. The quantitative estimate of drug-likeness (QED) is 0.615. The average molecular weight is 399 g/mol. The second kappa shape index (κ2) is 9.40. The Morgan fingerprint density at radius 3 is 2.50 bits per heavy atom. The van der Waals surface area contributed by atoms with Crippen LogP contribution in [-0.4, -0.2) is 24.9 Å². The van der Waals surface area contributed by atoms with E-state index in [4.69, 9.17) is 0 Å². The van der Waals surface area contributed by atoms with E-state index in [1.54, 1.807) is 24.3 Å². The van der Waals surface area contributed by atoms with Crippen molar-refractivity contribution < 1.29 is 9.59 Å². The maximum Gasteiger partial charge on any atom is 0.258 e. The number of aryl methyl sites for hydroxylation is 2. The van der Waals surface area contributed by atoms with Crippen LogP contribution in [0.3, 0.4) is 0 Å². The Kier molecular flexibility index (Phi) is 6.23. The number of hydrogen-bond donors (Lipinski definition) is 1. The SMILES string of the molecule is O=C(NCCCc1ccccc1)c1cccc(C(=O)N2CCCc3ccccc32)c1. The molecule has 0 radical (unpaired) electrons. The van der Waals surface area contributed by atoms with E-state index < -0.39 is 0 Å². The minimum Gasteiger partial charge on any atom is -0.352 e. The van der Waals surface area contributed by atoms with Crippen LogP contribution in [0.4, 0.5) is 5.69 Å². The van der Waals surface area contributed by atoms with Gasteiger partial charge in [-0.15, -0.1) is 0 Å². The van der Waals surface area contributed by atoms with E-state index in [0.29, 0.717) is 24.2 Å². The number of fused-ring (bicyclic) bond motifs is 1. The molecule has 0 spiro atoms. The standard InChI is InChI=1S/C26H26N2O2/c29-25(27-17-7-11-20-9-2-1-3-10-20)22-13-6-14-23(19-22)26(30)28-18-8-15-21-12-4-5-16-24(21)28/h1-6,9-10,12-14,16,19H,7-8,11,15,17-18H2,(H,27,29). The first-order valence-corrected chi connectivity index (χ1v) is 10.5. The van der Waals surface area contributed by atoms with Gasteiger partial charge in [-0.05, 0) is 61.1 Å². The first-order valence-electron chi connectivity index (χ1n) is 10.5. The van der Waals surface area contributed by atoms with Crippen molar-refractivity contribution in [2.24, 2.45) is 0 Å². The number of hydrogen-bond acceptors (Lipinski definition) is 2. The number of benzene rings is 3. The molecule has 1 aliphatic rings. The number of carbonyl (C=O) groups is 2. The third kappa shape index (κ3) is 4.60. The smallest absolute Gasteiger partial charge is 0.258 e. The van der Waals surface area contributed by atoms with Gasteiger partial charge in [0, 0.05) is 29.9 Å². The summed E-state index contributed by atoms with van der Waals surface area (Å²) in [6, 6.07) is 25.3. The van der Waals surface area contributed by atoms with Crippen molar-refractivity contribution in [2.75, 3.05) is 18.0 Å². The van der Waals surface area contributed by atoms with Gasteiger partial charge in [-0.2, -0.15) is 0 Å². The van der Waals surface area contributed by atoms with Crippen LogP contribution in [0.15, 0.2) is 78.9 Å². The highest BCUT2D eigenvalue weighted by Gasteiger charge is 2.23. The van der Waals surface area contributed by atoms with Crippen LogP contribution < -0.4 is 10.2 Å². The van der Waals surface area contributed by atoms with Gasteiger partial charge in [0.1, 0.15) is 0 Å². The Labute approximate surface area is 177 Å². The summed E-state index contributed by atoms with van der Waals surface area (Å²) in [4.78, 5) is 27.5. The van der Waals surface area contributed by atoms with Crippen molar-refractivity contribution in [1.29, 1.82) is 0 Å². The summed E-state index contributed by atoms with van der Waals surface area (Å²) in [6.45, 7) is 1.30. The van der Waals surface area contributed by atoms with Gasteiger partial charge in [0.2, 0.25) is 0 Å². The van der Waals surface area contributed by atoms with Crippen molar-refractivity contribution in [2.45, 2.75) is 25.7 Å². The summed E-state index contributed by atoms with van der Waals surface area (Å²) in [5, 5.41) is 2.97. The highest BCUT2D eigenvalue weighted by molar-refractivity contribution is 6.08. The van der Waals surface area contributed by atoms with Gasteiger partial charge in [0.25, 0.3) is 11.8 Å². The van der Waals surface area contributed by atoms with E-state index in [0.717, 1.165) is 31.4 Å². The van der Waals surface area contributed by atoms with E-state index in [2.05, 4.69) is 23.5 Å². The summed E-state index contributed by atoms with van der Waals surface area (Å²) in [6.07, 6.45) is 3.74. The number of carbonyl (C=O) groups excluding carboxylic acids is 2. The number of para-hydroxylation sites is 1. The largest absolute Gasteiger partial charge is 0.352 e. The fraction of sp³-hybridized carbons (Fsp3) is 0.231. The molecule has 152 valence electrons. The average Bonchev–Trinajstić information content (AvgIpc) is 2.81. The minimum atomic E-state index is -0.142. The van der Waals surface area contributed by atoms with Crippen LogP contribution in [0.2, 0.25) is 0 Å². The molecular formula is C26H26N2O2. The van der Waals surface area contributed by atoms with Crippen molar-refractivity contribution in [3.05, 3.63) is 101 Å². The monoisotopic (exact) mass is 398 g/mol. The number of rotatable bonds is 6. The lowest BCUT2D eigenvalue weighted by atomic mass is 10.0. The molecule has 0 bridgehead atoms. The Morgan fingerprint density at radius 1 is 0.867 bits per heavy atom. The molecule has 0 aliphatic carbocycles. The lowest BCUT2D eigenvalue weighted by molar-refractivity contribution is 0.0953. The summed E-state index contributed by atoms with van der Waals surface area (Å²) >= 11 is 0. The molecule has 2 amide bonds.